The van der Waals surface area contributed by atoms with Crippen LogP contribution in [-0.2, 0) is 23.7 Å². The van der Waals surface area contributed by atoms with E-state index in [9.17, 15) is 0 Å². The Balaban J connectivity index is 0. The molecule has 0 aliphatic rings. The van der Waals surface area contributed by atoms with Gasteiger partial charge in [-0.15, -0.1) is 0 Å². The average molecular weight is 353 g/mol. The molecule has 0 saturated heterocycles. The maximum absolute atomic E-state index is 8.70. The van der Waals surface area contributed by atoms with Gasteiger partial charge in [0, 0.05) is 20.8 Å². The standard InChI is InChI=1S/C10H22O3.C8H18O3/c1-4-5-6-12-10(3)8-13-9(2)7-11;1-7(10-4)6-11-8(2)5-9-3/h9-11H,4-8H2,1-3H3;7-8H,5-6H2,1-4H3. The number of unbranched alkanes of at least 4 members (excludes halogenated alkanes) is 1. The van der Waals surface area contributed by atoms with Crippen LogP contribution in [0.15, 0.2) is 0 Å². The summed E-state index contributed by atoms with van der Waals surface area (Å²) in [7, 11) is 3.34. The predicted octanol–water partition coefficient (Wildman–Crippen LogP) is 2.66. The van der Waals surface area contributed by atoms with Gasteiger partial charge in [-0.05, 0) is 34.1 Å². The van der Waals surface area contributed by atoms with E-state index in [2.05, 4.69) is 6.92 Å². The molecule has 0 amide bonds. The Bertz CT molecular complexity index is 240. The molecule has 24 heavy (non-hydrogen) atoms. The van der Waals surface area contributed by atoms with Crippen LogP contribution in [0, 0.1) is 0 Å². The van der Waals surface area contributed by atoms with Crippen LogP contribution in [0.5, 0.6) is 0 Å². The smallest absolute Gasteiger partial charge is 0.0781 e. The molecule has 0 bridgehead atoms. The van der Waals surface area contributed by atoms with E-state index in [1.807, 2.05) is 27.7 Å². The van der Waals surface area contributed by atoms with Gasteiger partial charge in [0.1, 0.15) is 0 Å². The summed E-state index contributed by atoms with van der Waals surface area (Å²) in [4.78, 5) is 0. The molecule has 4 atom stereocenters. The van der Waals surface area contributed by atoms with Crippen LogP contribution in [0.1, 0.15) is 47.5 Å². The Labute approximate surface area is 148 Å². The third-order valence-electron chi connectivity index (χ3n) is 3.19. The first-order valence-electron chi connectivity index (χ1n) is 8.88. The van der Waals surface area contributed by atoms with Crippen LogP contribution < -0.4 is 0 Å². The van der Waals surface area contributed by atoms with E-state index in [1.54, 1.807) is 14.2 Å². The van der Waals surface area contributed by atoms with Crippen LogP contribution in [0.3, 0.4) is 0 Å². The lowest BCUT2D eigenvalue weighted by Gasteiger charge is -2.15. The average Bonchev–Trinajstić information content (AvgIpc) is 2.58. The highest BCUT2D eigenvalue weighted by Gasteiger charge is 2.05. The molecule has 0 spiro atoms. The van der Waals surface area contributed by atoms with E-state index in [4.69, 9.17) is 28.8 Å². The quantitative estimate of drug-likeness (QED) is 0.485. The fourth-order valence-corrected chi connectivity index (χ4v) is 1.48. The third kappa shape index (κ3) is 19.8. The van der Waals surface area contributed by atoms with E-state index in [-0.39, 0.29) is 31.0 Å². The summed E-state index contributed by atoms with van der Waals surface area (Å²) in [5.41, 5.74) is 0. The molecule has 0 aliphatic carbocycles. The second-order valence-electron chi connectivity index (χ2n) is 6.01. The second kappa shape index (κ2) is 19.1. The summed E-state index contributed by atoms with van der Waals surface area (Å²) in [6.45, 7) is 12.6. The van der Waals surface area contributed by atoms with Crippen molar-refractivity contribution in [3.05, 3.63) is 0 Å². The van der Waals surface area contributed by atoms with Gasteiger partial charge in [0.2, 0.25) is 0 Å². The summed E-state index contributed by atoms with van der Waals surface area (Å²) in [6.07, 6.45) is 2.60. The number of ether oxygens (including phenoxy) is 5. The minimum Gasteiger partial charge on any atom is -0.394 e. The van der Waals surface area contributed by atoms with Crippen LogP contribution in [0.4, 0.5) is 0 Å². The molecule has 0 heterocycles. The minimum absolute atomic E-state index is 0.0711. The normalized spacial score (nSPS) is 16.0. The van der Waals surface area contributed by atoms with E-state index in [1.165, 1.54) is 0 Å². The van der Waals surface area contributed by atoms with Crippen molar-refractivity contribution in [2.45, 2.75) is 71.9 Å². The fourth-order valence-electron chi connectivity index (χ4n) is 1.48. The fraction of sp³-hybridized carbons (Fsp3) is 1.00. The van der Waals surface area contributed by atoms with Crippen LogP contribution >= 0.6 is 0 Å². The van der Waals surface area contributed by atoms with Crippen LogP contribution in [-0.4, -0.2) is 76.8 Å². The Hall–Kier alpha value is -0.240. The van der Waals surface area contributed by atoms with Gasteiger partial charge in [-0.1, -0.05) is 13.3 Å². The van der Waals surface area contributed by atoms with Gasteiger partial charge in [-0.3, -0.25) is 0 Å². The molecule has 1 N–H and O–H groups in total. The highest BCUT2D eigenvalue weighted by atomic mass is 16.6. The topological polar surface area (TPSA) is 66.4 Å². The van der Waals surface area contributed by atoms with Gasteiger partial charge in [-0.25, -0.2) is 0 Å². The maximum Gasteiger partial charge on any atom is 0.0781 e. The Morgan fingerprint density at radius 1 is 0.750 bits per heavy atom. The monoisotopic (exact) mass is 352 g/mol. The lowest BCUT2D eigenvalue weighted by molar-refractivity contribution is -0.0457. The zero-order chi connectivity index (χ0) is 18.8. The van der Waals surface area contributed by atoms with Crippen molar-refractivity contribution in [1.29, 1.82) is 0 Å². The highest BCUT2D eigenvalue weighted by Crippen LogP contribution is 1.98. The zero-order valence-corrected chi connectivity index (χ0v) is 16.7. The second-order valence-corrected chi connectivity index (χ2v) is 6.01. The molecule has 0 radical (unpaired) electrons. The molecule has 0 rings (SSSR count). The first-order chi connectivity index (χ1) is 11.4. The van der Waals surface area contributed by atoms with Crippen LogP contribution in [0.2, 0.25) is 0 Å². The molecule has 6 heteroatoms. The number of methoxy groups -OCH3 is 2. The summed E-state index contributed by atoms with van der Waals surface area (Å²) in [5.74, 6) is 0. The van der Waals surface area contributed by atoms with Crippen molar-refractivity contribution < 1.29 is 28.8 Å². The largest absolute Gasteiger partial charge is 0.394 e. The van der Waals surface area contributed by atoms with Crippen molar-refractivity contribution in [2.24, 2.45) is 0 Å². The molecule has 0 aromatic rings. The molecule has 0 fully saturated rings. The predicted molar refractivity (Wildman–Crippen MR) is 96.6 cm³/mol. The number of aliphatic hydroxyl groups excluding tert-OH is 1. The van der Waals surface area contributed by atoms with Crippen molar-refractivity contribution in [2.75, 3.05) is 47.3 Å². The Morgan fingerprint density at radius 3 is 1.79 bits per heavy atom. The van der Waals surface area contributed by atoms with E-state index < -0.39 is 0 Å². The van der Waals surface area contributed by atoms with E-state index in [0.29, 0.717) is 19.8 Å². The van der Waals surface area contributed by atoms with Crippen molar-refractivity contribution in [3.63, 3.8) is 0 Å². The van der Waals surface area contributed by atoms with Crippen molar-refractivity contribution in [1.82, 2.24) is 0 Å². The number of aliphatic hydroxyl groups is 1. The molecule has 0 saturated carbocycles. The summed E-state index contributed by atoms with van der Waals surface area (Å²) < 4.78 is 26.1. The molecule has 6 nitrogen and oxygen atoms in total. The molecule has 0 aliphatic heterocycles. The lowest BCUT2D eigenvalue weighted by atomic mass is 10.3. The first-order valence-corrected chi connectivity index (χ1v) is 8.88. The molecular formula is C18H40O6. The highest BCUT2D eigenvalue weighted by molar-refractivity contribution is 4.51. The first kappa shape index (κ1) is 26.0. The zero-order valence-electron chi connectivity index (χ0n) is 16.7. The number of rotatable bonds is 14. The van der Waals surface area contributed by atoms with Gasteiger partial charge < -0.3 is 28.8 Å². The van der Waals surface area contributed by atoms with Gasteiger partial charge in [-0.2, -0.15) is 0 Å². The SMILES string of the molecule is CCCCOC(C)COC(C)CO.COCC(C)OCC(C)OC. The summed E-state index contributed by atoms with van der Waals surface area (Å²) >= 11 is 0. The number of hydrogen-bond acceptors (Lipinski definition) is 6. The van der Waals surface area contributed by atoms with Crippen molar-refractivity contribution >= 4 is 0 Å². The molecule has 148 valence electrons. The summed E-state index contributed by atoms with van der Waals surface area (Å²) in [6, 6.07) is 0. The summed E-state index contributed by atoms with van der Waals surface area (Å²) in [5, 5.41) is 8.70. The van der Waals surface area contributed by atoms with Gasteiger partial charge in [0.15, 0.2) is 0 Å². The minimum atomic E-state index is -0.0859. The molecule has 0 aromatic carbocycles. The number of hydrogen-bond donors (Lipinski definition) is 1. The van der Waals surface area contributed by atoms with E-state index in [0.717, 1.165) is 19.4 Å². The van der Waals surface area contributed by atoms with Crippen molar-refractivity contribution in [3.8, 4) is 0 Å². The van der Waals surface area contributed by atoms with Crippen LogP contribution in [0.25, 0.3) is 0 Å². The molecule has 4 unspecified atom stereocenters. The molecule has 0 aromatic heterocycles. The Morgan fingerprint density at radius 2 is 1.29 bits per heavy atom. The van der Waals surface area contributed by atoms with Gasteiger partial charge in [0.05, 0.1) is 50.8 Å². The van der Waals surface area contributed by atoms with Gasteiger partial charge >= 0.3 is 0 Å². The maximum atomic E-state index is 8.70. The Kier molecular flexibility index (Phi) is 20.7. The molecular weight excluding hydrogens is 312 g/mol. The van der Waals surface area contributed by atoms with Gasteiger partial charge in [0.25, 0.3) is 0 Å². The third-order valence-corrected chi connectivity index (χ3v) is 3.19. The van der Waals surface area contributed by atoms with E-state index >= 15 is 0 Å². The lowest BCUT2D eigenvalue weighted by Crippen LogP contribution is -2.22.